The van der Waals surface area contributed by atoms with E-state index in [0.29, 0.717) is 25.2 Å². The van der Waals surface area contributed by atoms with Gasteiger partial charge in [-0.3, -0.25) is 32.5 Å². The van der Waals surface area contributed by atoms with Gasteiger partial charge in [-0.15, -0.1) is 0 Å². The van der Waals surface area contributed by atoms with Gasteiger partial charge in [-0.25, -0.2) is 28.6 Å². The molecular formula is C36H56N7O18P3S. The maximum atomic E-state index is 12.8. The quantitative estimate of drug-likeness (QED) is 0.0434. The van der Waals surface area contributed by atoms with Crippen LogP contribution < -0.4 is 21.1 Å². The van der Waals surface area contributed by atoms with Gasteiger partial charge >= 0.3 is 23.5 Å². The zero-order chi connectivity index (χ0) is 48.5. The van der Waals surface area contributed by atoms with Crippen molar-refractivity contribution in [1.82, 2.24) is 30.2 Å². The summed E-state index contributed by atoms with van der Waals surface area (Å²) in [5, 5.41) is 26.6. The number of aromatic nitrogens is 4. The Morgan fingerprint density at radius 1 is 1.00 bits per heavy atom. The van der Waals surface area contributed by atoms with Crippen LogP contribution in [0.3, 0.4) is 0 Å². The van der Waals surface area contributed by atoms with E-state index in [4.69, 9.17) is 24.3 Å². The van der Waals surface area contributed by atoms with Gasteiger partial charge in [-0.05, 0) is 43.9 Å². The van der Waals surface area contributed by atoms with Crippen molar-refractivity contribution in [2.75, 3.05) is 44.4 Å². The fraction of sp³-hybridized carbons (Fsp3) is 0.611. The molecule has 364 valence electrons. The highest BCUT2D eigenvalue weighted by atomic mass is 32.2. The molecule has 3 aromatic rings. The summed E-state index contributed by atoms with van der Waals surface area (Å²) >= 11 is 1.10. The second-order valence-corrected chi connectivity index (χ2v) is 21.6. The summed E-state index contributed by atoms with van der Waals surface area (Å²) in [6.07, 6.45) is -5.69. The molecule has 4 rings (SSSR count). The molecule has 0 radical (unpaired) electrons. The number of thioether (sulfide) groups is 1. The van der Waals surface area contributed by atoms with Gasteiger partial charge in [0.25, 0.3) is 0 Å². The van der Waals surface area contributed by atoms with E-state index in [0.717, 1.165) is 45.9 Å². The number of nitrogens with two attached hydrogens (primary N) is 1. The Labute approximate surface area is 378 Å². The summed E-state index contributed by atoms with van der Waals surface area (Å²) < 4.78 is 68.3. The number of aliphatic hydroxyl groups excluding tert-OH is 2. The van der Waals surface area contributed by atoms with Crippen LogP contribution in [0.25, 0.3) is 11.2 Å². The predicted octanol–water partition coefficient (Wildman–Crippen LogP) is 2.17. The van der Waals surface area contributed by atoms with Crippen LogP contribution in [-0.2, 0) is 50.7 Å². The molecular weight excluding hydrogens is 943 g/mol. The first-order chi connectivity index (χ1) is 30.1. The molecule has 65 heavy (non-hydrogen) atoms. The predicted molar refractivity (Wildman–Crippen MR) is 232 cm³/mol. The Morgan fingerprint density at radius 2 is 1.69 bits per heavy atom. The topological polar surface area (TPSA) is 373 Å². The SMILES string of the molecule is Cc1ccc(C)c(OCCCC(C)(C)C(=O)SCCNC(=O)CCNC(=O)C(O)C(C)(C)COP(=O)(O)OP(=O)(O)OCC2OC(n3cnc4c(N)ncnc43)C(O)C2OP(=O)(O)O)c1. The maximum Gasteiger partial charge on any atom is 0.481 e. The molecule has 10 N–H and O–H groups in total. The first kappa shape index (κ1) is 54.2. The number of rotatable bonds is 25. The lowest BCUT2D eigenvalue weighted by Crippen LogP contribution is -2.46. The number of nitrogens with zero attached hydrogens (tertiary/aromatic N) is 4. The monoisotopic (exact) mass is 999 g/mol. The van der Waals surface area contributed by atoms with Crippen molar-refractivity contribution < 1.29 is 85.2 Å². The van der Waals surface area contributed by atoms with E-state index in [9.17, 15) is 57.9 Å². The fourth-order valence-electron chi connectivity index (χ4n) is 6.13. The number of fused-ring (bicyclic) bond motifs is 1. The number of nitrogens with one attached hydrogen (secondary N) is 2. The number of nitrogen functional groups attached to an aromatic ring is 1. The lowest BCUT2D eigenvalue weighted by Gasteiger charge is -2.30. The number of carbonyl (C=O) groups is 3. The van der Waals surface area contributed by atoms with E-state index in [-0.39, 0.29) is 41.6 Å². The van der Waals surface area contributed by atoms with Gasteiger partial charge in [-0.1, -0.05) is 51.6 Å². The molecule has 0 spiro atoms. The average molecular weight is 1000 g/mol. The molecule has 2 amide bonds. The molecule has 29 heteroatoms. The van der Waals surface area contributed by atoms with Crippen LogP contribution in [0.5, 0.6) is 5.75 Å². The number of hydrogen-bond donors (Lipinski definition) is 9. The Hall–Kier alpha value is -3.42. The number of aryl methyl sites for hydroxylation is 2. The molecule has 2 aromatic heterocycles. The normalized spacial score (nSPS) is 20.5. The Morgan fingerprint density at radius 3 is 2.38 bits per heavy atom. The lowest BCUT2D eigenvalue weighted by molar-refractivity contribution is -0.137. The number of amides is 2. The van der Waals surface area contributed by atoms with Crippen molar-refractivity contribution in [1.29, 1.82) is 0 Å². The Balaban J connectivity index is 1.16. The molecule has 1 saturated heterocycles. The number of aliphatic hydroxyl groups is 2. The highest BCUT2D eigenvalue weighted by Gasteiger charge is 2.50. The van der Waals surface area contributed by atoms with Crippen LogP contribution in [0.15, 0.2) is 30.9 Å². The summed E-state index contributed by atoms with van der Waals surface area (Å²) in [7, 11) is -16.4. The molecule has 1 fully saturated rings. The van der Waals surface area contributed by atoms with Crippen LogP contribution in [0, 0.1) is 24.7 Å². The summed E-state index contributed by atoms with van der Waals surface area (Å²) in [5.74, 6) is -0.343. The average Bonchev–Trinajstić information content (AvgIpc) is 3.77. The van der Waals surface area contributed by atoms with Crippen LogP contribution in [-0.4, -0.2) is 129 Å². The molecule has 3 heterocycles. The number of imidazole rings is 1. The van der Waals surface area contributed by atoms with Gasteiger partial charge in [0.15, 0.2) is 22.8 Å². The maximum absolute atomic E-state index is 12.8. The largest absolute Gasteiger partial charge is 0.493 e. The van der Waals surface area contributed by atoms with Gasteiger partial charge in [0, 0.05) is 36.1 Å². The van der Waals surface area contributed by atoms with Crippen molar-refractivity contribution in [2.45, 2.75) is 91.4 Å². The first-order valence-corrected chi connectivity index (χ1v) is 25.4. The van der Waals surface area contributed by atoms with Gasteiger partial charge in [0.1, 0.15) is 42.0 Å². The van der Waals surface area contributed by atoms with Gasteiger partial charge < -0.3 is 55.6 Å². The highest BCUT2D eigenvalue weighted by Crippen LogP contribution is 2.61. The molecule has 7 atom stereocenters. The minimum absolute atomic E-state index is 0.0281. The van der Waals surface area contributed by atoms with E-state index in [1.807, 2.05) is 45.9 Å². The second-order valence-electron chi connectivity index (χ2n) is 16.3. The van der Waals surface area contributed by atoms with Crippen LogP contribution in [0.4, 0.5) is 5.82 Å². The molecule has 0 aliphatic carbocycles. The summed E-state index contributed by atoms with van der Waals surface area (Å²) in [6, 6.07) is 5.97. The number of anilines is 1. The first-order valence-electron chi connectivity index (χ1n) is 19.9. The van der Waals surface area contributed by atoms with E-state index < -0.39 is 90.0 Å². The standard InChI is InChI=1S/C36H56N7O18P3S/c1-21-8-9-22(2)23(16-21)56-14-7-11-35(3,4)34(48)65-15-13-38-25(44)10-12-39-32(47)29(46)36(5,6)18-58-64(54,55)61-63(52,53)57-17-24-28(60-62(49,50)51)27(45)33(59-24)43-20-42-26-30(37)40-19-41-31(26)43/h8-9,16,19-20,24,27-29,33,45-46H,7,10-15,17-18H2,1-6H3,(H,38,44)(H,39,47)(H,52,53)(H,54,55)(H2,37,40,41)(H2,49,50,51). The smallest absolute Gasteiger partial charge is 0.481 e. The van der Waals surface area contributed by atoms with Gasteiger partial charge in [0.2, 0.25) is 11.8 Å². The molecule has 7 unspecified atom stereocenters. The number of benzene rings is 1. The summed E-state index contributed by atoms with van der Waals surface area (Å²) in [6.45, 7) is 8.57. The molecule has 1 aliphatic rings. The van der Waals surface area contributed by atoms with E-state index >= 15 is 0 Å². The molecule has 1 aliphatic heterocycles. The fourth-order valence-corrected chi connectivity index (χ4v) is 9.84. The minimum Gasteiger partial charge on any atom is -0.493 e. The van der Waals surface area contributed by atoms with Gasteiger partial charge in [-0.2, -0.15) is 4.31 Å². The summed E-state index contributed by atoms with van der Waals surface area (Å²) in [5.41, 5.74) is 5.77. The zero-order valence-corrected chi connectivity index (χ0v) is 39.8. The van der Waals surface area contributed by atoms with Gasteiger partial charge in [0.05, 0.1) is 26.1 Å². The van der Waals surface area contributed by atoms with Crippen molar-refractivity contribution in [3.8, 4) is 5.75 Å². The third kappa shape index (κ3) is 16.1. The molecule has 0 saturated carbocycles. The van der Waals surface area contributed by atoms with E-state index in [2.05, 4.69) is 34.4 Å². The van der Waals surface area contributed by atoms with Crippen molar-refractivity contribution in [2.24, 2.45) is 10.8 Å². The third-order valence-electron chi connectivity index (χ3n) is 9.83. The molecule has 25 nitrogen and oxygen atoms in total. The van der Waals surface area contributed by atoms with Crippen molar-refractivity contribution in [3.63, 3.8) is 0 Å². The number of phosphoric ester groups is 3. The Bertz CT molecular complexity index is 2300. The number of ether oxygens (including phenoxy) is 2. The number of carbonyl (C=O) groups excluding carboxylic acids is 3. The van der Waals surface area contributed by atoms with Crippen LogP contribution in [0.1, 0.15) is 64.3 Å². The second kappa shape index (κ2) is 22.6. The van der Waals surface area contributed by atoms with Crippen LogP contribution in [0.2, 0.25) is 0 Å². The molecule has 1 aromatic carbocycles. The zero-order valence-electron chi connectivity index (χ0n) is 36.3. The van der Waals surface area contributed by atoms with Crippen LogP contribution >= 0.6 is 35.2 Å². The van der Waals surface area contributed by atoms with E-state index in [1.165, 1.54) is 13.8 Å². The summed E-state index contributed by atoms with van der Waals surface area (Å²) in [4.78, 5) is 89.1. The van der Waals surface area contributed by atoms with E-state index in [1.54, 1.807) is 0 Å². The Kier molecular flexibility index (Phi) is 18.8. The van der Waals surface area contributed by atoms with Crippen molar-refractivity contribution >= 4 is 69.1 Å². The number of hydrogen-bond acceptors (Lipinski definition) is 19. The highest BCUT2D eigenvalue weighted by molar-refractivity contribution is 8.13. The lowest BCUT2D eigenvalue weighted by atomic mass is 9.87. The third-order valence-corrected chi connectivity index (χ3v) is 14.2. The molecule has 0 bridgehead atoms. The van der Waals surface area contributed by atoms with Crippen molar-refractivity contribution in [3.05, 3.63) is 42.0 Å². The number of phosphoric acid groups is 3. The minimum atomic E-state index is -5.59.